The van der Waals surface area contributed by atoms with Crippen molar-refractivity contribution in [1.29, 1.82) is 0 Å². The molecule has 0 unspecified atom stereocenters. The van der Waals surface area contributed by atoms with Crippen molar-refractivity contribution in [3.8, 4) is 0 Å². The molecule has 0 radical (unpaired) electrons. The number of aromatic nitrogens is 23. The zero-order valence-corrected chi connectivity index (χ0v) is 33.4. The number of aromatic amines is 6. The van der Waals surface area contributed by atoms with Crippen LogP contribution < -0.4 is 0 Å². The van der Waals surface area contributed by atoms with E-state index in [2.05, 4.69) is 130 Å². The fourth-order valence-electron chi connectivity index (χ4n) is 2.15. The molecule has 0 fully saturated rings. The molecule has 0 aliphatic rings. The molecule has 0 aliphatic heterocycles. The molecule has 12 rings (SSSR count). The third-order valence-corrected chi connectivity index (χ3v) is 5.67. The summed E-state index contributed by atoms with van der Waals surface area (Å²) in [5, 5.41) is 54.5. The van der Waals surface area contributed by atoms with Crippen LogP contribution in [-0.4, -0.2) is 116 Å². The number of tetrazole rings is 1. The summed E-state index contributed by atoms with van der Waals surface area (Å²) in [5.41, 5.74) is 5.15. The number of hydrogen-bond acceptors (Lipinski definition) is 23. The summed E-state index contributed by atoms with van der Waals surface area (Å²) in [4.78, 5) is 20.1. The molecule has 0 aliphatic carbocycles. The lowest BCUT2D eigenvalue weighted by molar-refractivity contribution is 0.420. The number of nitrogens with zero attached hydrogens (tertiary/aromatic N) is 17. The highest BCUT2D eigenvalue weighted by Gasteiger charge is 1.64. The molecule has 29 heteroatoms. The second-order valence-electron chi connectivity index (χ2n) is 8.16. The lowest BCUT2D eigenvalue weighted by Crippen LogP contribution is -1.64. The molecule has 0 aromatic carbocycles. The van der Waals surface area contributed by atoms with Crippen LogP contribution in [-0.2, 0) is 0 Å². The molecule has 0 bridgehead atoms. The van der Waals surface area contributed by atoms with Gasteiger partial charge in [0.15, 0.2) is 12.7 Å². The van der Waals surface area contributed by atoms with Crippen LogP contribution in [0.15, 0.2) is 202 Å². The van der Waals surface area contributed by atoms with Crippen molar-refractivity contribution in [1.82, 2.24) is 116 Å². The van der Waals surface area contributed by atoms with Gasteiger partial charge >= 0.3 is 0 Å². The van der Waals surface area contributed by atoms with Gasteiger partial charge in [-0.1, -0.05) is 10.4 Å². The van der Waals surface area contributed by atoms with E-state index < -0.39 is 0 Å². The third kappa shape index (κ3) is 43.8. The van der Waals surface area contributed by atoms with E-state index in [9.17, 15) is 0 Å². The third-order valence-electron chi connectivity index (χ3n) is 4.19. The maximum absolute atomic E-state index is 4.47. The highest BCUT2D eigenvalue weighted by Crippen LogP contribution is 1.86. The van der Waals surface area contributed by atoms with E-state index in [4.69, 9.17) is 0 Å². The van der Waals surface area contributed by atoms with Crippen LogP contribution in [0.4, 0.5) is 0 Å². The summed E-state index contributed by atoms with van der Waals surface area (Å²) >= 11 is 4.56. The first-order chi connectivity index (χ1) is 30.0. The minimum absolute atomic E-state index is 1.26. The average molecular weight is 876 g/mol. The molecule has 0 spiro atoms. The maximum atomic E-state index is 4.47. The number of hydrogen-bond donors (Lipinski definition) is 6. The fourth-order valence-corrected chi connectivity index (χ4v) is 3.12. The summed E-state index contributed by atoms with van der Waals surface area (Å²) in [7, 11) is 0. The van der Waals surface area contributed by atoms with E-state index in [0.29, 0.717) is 0 Å². The minimum Gasteiger partial charge on any atom is -0.452 e. The number of nitrogens with one attached hydrogen (secondary N) is 6. The first-order valence-electron chi connectivity index (χ1n) is 15.9. The molecule has 12 heterocycles. The maximum Gasteiger partial charge on any atom is 0.203 e. The van der Waals surface area contributed by atoms with Gasteiger partial charge in [0.05, 0.1) is 36.6 Å². The molecule has 0 saturated carbocycles. The SMILES string of the molecule is c1c[nH]cn1.c1cc[nH]c1.c1cn[nH]c1.c1cn[nH]n1.c1cnoc1.c1cnsc1.c1cocn1.c1cscn1.c1nc[nH]n1.c1nn[nH]n1.c1nnco1.c1nncs1. The smallest absolute Gasteiger partial charge is 0.203 e. The van der Waals surface area contributed by atoms with Crippen molar-refractivity contribution in [2.45, 2.75) is 0 Å². The molecule has 0 amide bonds. The van der Waals surface area contributed by atoms with Crippen molar-refractivity contribution in [3.05, 3.63) is 189 Å². The van der Waals surface area contributed by atoms with Crippen LogP contribution in [0.1, 0.15) is 0 Å². The largest absolute Gasteiger partial charge is 0.452 e. The van der Waals surface area contributed by atoms with E-state index in [1.165, 1.54) is 73.6 Å². The quantitative estimate of drug-likeness (QED) is 0.118. The fraction of sp³-hybridized carbons (Fsp3) is 0. The Bertz CT molecular complexity index is 1330. The van der Waals surface area contributed by atoms with Crippen molar-refractivity contribution < 1.29 is 13.4 Å². The first-order valence-corrected chi connectivity index (χ1v) is 18.6. The van der Waals surface area contributed by atoms with Gasteiger partial charge in [0, 0.05) is 60.3 Å². The van der Waals surface area contributed by atoms with Crippen molar-refractivity contribution in [2.75, 3.05) is 0 Å². The summed E-state index contributed by atoms with van der Waals surface area (Å²) in [6.07, 6.45) is 33.4. The van der Waals surface area contributed by atoms with Crippen LogP contribution >= 0.6 is 34.2 Å². The van der Waals surface area contributed by atoms with Gasteiger partial charge < -0.3 is 23.3 Å². The van der Waals surface area contributed by atoms with Crippen LogP contribution in [0.25, 0.3) is 0 Å². The molecule has 26 nitrogen and oxygen atoms in total. The molecule has 12 aromatic heterocycles. The van der Waals surface area contributed by atoms with Gasteiger partial charge in [-0.25, -0.2) is 19.3 Å². The molecule has 0 saturated heterocycles. The van der Waals surface area contributed by atoms with Gasteiger partial charge in [0.25, 0.3) is 0 Å². The Hall–Kier alpha value is -8.57. The molecule has 6 N–H and O–H groups in total. The summed E-state index contributed by atoms with van der Waals surface area (Å²) in [5.74, 6) is 0. The predicted octanol–water partition coefficient (Wildman–Crippen LogP) is 4.89. The first kappa shape index (κ1) is 49.4. The Morgan fingerprint density at radius 3 is 1.52 bits per heavy atom. The number of thiazole rings is 1. The Kier molecular flexibility index (Phi) is 38.4. The summed E-state index contributed by atoms with van der Waals surface area (Å²) in [6.45, 7) is 0. The molecular weight excluding hydrogens is 839 g/mol. The van der Waals surface area contributed by atoms with Gasteiger partial charge in [-0.15, -0.1) is 53.3 Å². The highest BCUT2D eigenvalue weighted by atomic mass is 32.1. The molecule has 12 aromatic rings. The van der Waals surface area contributed by atoms with E-state index in [0.717, 1.165) is 0 Å². The van der Waals surface area contributed by atoms with Gasteiger partial charge in [-0.05, 0) is 41.9 Å². The van der Waals surface area contributed by atoms with Crippen LogP contribution in [0.3, 0.4) is 0 Å². The molecule has 312 valence electrons. The zero-order chi connectivity index (χ0) is 42.4. The van der Waals surface area contributed by atoms with Gasteiger partial charge in [-0.3, -0.25) is 15.2 Å². The van der Waals surface area contributed by atoms with Crippen LogP contribution in [0.2, 0.25) is 0 Å². The monoisotopic (exact) mass is 875 g/mol. The van der Waals surface area contributed by atoms with Gasteiger partial charge in [0.1, 0.15) is 36.2 Å². The van der Waals surface area contributed by atoms with E-state index in [-0.39, 0.29) is 0 Å². The normalized spacial score (nSPS) is 8.00. The van der Waals surface area contributed by atoms with E-state index in [1.54, 1.807) is 102 Å². The van der Waals surface area contributed by atoms with E-state index >= 15 is 0 Å². The Morgan fingerprint density at radius 1 is 0.450 bits per heavy atom. The predicted molar refractivity (Wildman–Crippen MR) is 216 cm³/mol. The Labute approximate surface area is 351 Å². The second kappa shape index (κ2) is 46.6. The standard InChI is InChI=1S/C4H5N.2C3H4N2.2C3H3NO.2C3H3NS.2C2H3N3.C2H2N2O.C2H2N2S.CH2N4/c1-2-4-5-3-1;1-2-5-3-4-1;1-2-4-5-3-1;1-2-5-3-4-1;1-2-4-5-3-1;1-2-5-3-4-1;1-2-4-5-3-1;1-3-2-5-4-1;1-2-4-5-3-1;2*1-3-4-2-5-1;1-2-4-5-3-1/h1-5H;2*1-3H,(H,4,5);4*1-3H;2*1-2H,(H,3,4,5);2*1-2H;1H,(H,2,3,4,5). The van der Waals surface area contributed by atoms with Crippen LogP contribution in [0, 0.1) is 0 Å². The Balaban J connectivity index is 0.000000327. The summed E-state index contributed by atoms with van der Waals surface area (Å²) in [6, 6.07) is 9.35. The van der Waals surface area contributed by atoms with Gasteiger partial charge in [0.2, 0.25) is 12.8 Å². The summed E-state index contributed by atoms with van der Waals surface area (Å²) < 4.78 is 16.9. The molecule has 0 atom stereocenters. The average Bonchev–Trinajstić information content (AvgIpc) is 4.19. The van der Waals surface area contributed by atoms with Crippen molar-refractivity contribution in [2.24, 2.45) is 0 Å². The second-order valence-corrected chi connectivity index (χ2v) is 10.3. The number of imidazole rings is 1. The lowest BCUT2D eigenvalue weighted by atomic mass is 10.7. The number of rotatable bonds is 0. The van der Waals surface area contributed by atoms with Crippen LogP contribution in [0.5, 0.6) is 0 Å². The topological polar surface area (TPSA) is 353 Å². The van der Waals surface area contributed by atoms with Crippen molar-refractivity contribution in [3.63, 3.8) is 0 Å². The Morgan fingerprint density at radius 2 is 1.32 bits per heavy atom. The highest BCUT2D eigenvalue weighted by molar-refractivity contribution is 7.07. The molecule has 60 heavy (non-hydrogen) atoms. The van der Waals surface area contributed by atoms with E-state index in [1.807, 2.05) is 47.4 Å². The van der Waals surface area contributed by atoms with Gasteiger partial charge in [-0.2, -0.15) is 30.8 Å². The zero-order valence-electron chi connectivity index (χ0n) is 30.9. The number of H-pyrrole nitrogens is 6. The molecular formula is C31H37N23O3S3. The minimum atomic E-state index is 1.26. The van der Waals surface area contributed by atoms with Crippen molar-refractivity contribution >= 4 is 34.2 Å². The number of oxazole rings is 1. The lowest BCUT2D eigenvalue weighted by Gasteiger charge is -1.49.